The third-order valence-electron chi connectivity index (χ3n) is 2.53. The molecule has 0 saturated heterocycles. The molecule has 5 nitrogen and oxygen atoms in total. The van der Waals surface area contributed by atoms with Crippen LogP contribution in [-0.4, -0.2) is 13.4 Å². The lowest BCUT2D eigenvalue weighted by atomic mass is 10.3. The summed E-state index contributed by atoms with van der Waals surface area (Å²) in [5.74, 6) is -0.772. The molecular formula is C12H12FN3O2S. The topological polar surface area (TPSA) is 85.1 Å². The predicted octanol–water partition coefficient (Wildman–Crippen LogP) is 1.91. The molecule has 0 unspecified atom stereocenters. The van der Waals surface area contributed by atoms with Gasteiger partial charge in [-0.1, -0.05) is 0 Å². The van der Waals surface area contributed by atoms with E-state index in [1.54, 1.807) is 25.3 Å². The van der Waals surface area contributed by atoms with Crippen molar-refractivity contribution in [3.63, 3.8) is 0 Å². The SMILES string of the molecule is Cc1ncccc1NS(=O)(=O)c1ccc(N)c(F)c1. The molecule has 0 saturated carbocycles. The normalized spacial score (nSPS) is 11.3. The van der Waals surface area contributed by atoms with Gasteiger partial charge < -0.3 is 5.73 Å². The van der Waals surface area contributed by atoms with Gasteiger partial charge >= 0.3 is 0 Å². The lowest BCUT2D eigenvalue weighted by Crippen LogP contribution is -2.14. The van der Waals surface area contributed by atoms with Crippen molar-refractivity contribution < 1.29 is 12.8 Å². The van der Waals surface area contributed by atoms with E-state index in [-0.39, 0.29) is 10.6 Å². The number of nitrogen functional groups attached to an aromatic ring is 1. The van der Waals surface area contributed by atoms with Crippen molar-refractivity contribution in [2.75, 3.05) is 10.5 Å². The highest BCUT2D eigenvalue weighted by Crippen LogP contribution is 2.20. The number of halogens is 1. The van der Waals surface area contributed by atoms with E-state index in [4.69, 9.17) is 5.73 Å². The molecule has 0 aliphatic rings. The zero-order valence-corrected chi connectivity index (χ0v) is 10.9. The maximum Gasteiger partial charge on any atom is 0.262 e. The first kappa shape index (κ1) is 13.3. The van der Waals surface area contributed by atoms with Gasteiger partial charge in [0.25, 0.3) is 10.0 Å². The third kappa shape index (κ3) is 2.82. The fourth-order valence-corrected chi connectivity index (χ4v) is 2.60. The number of nitrogens with two attached hydrogens (primary N) is 1. The van der Waals surface area contributed by atoms with Gasteiger partial charge in [0.05, 0.1) is 22.0 Å². The molecule has 100 valence electrons. The summed E-state index contributed by atoms with van der Waals surface area (Å²) in [7, 11) is -3.86. The minimum absolute atomic E-state index is 0.100. The largest absolute Gasteiger partial charge is 0.396 e. The van der Waals surface area contributed by atoms with Crippen LogP contribution in [0.25, 0.3) is 0 Å². The minimum Gasteiger partial charge on any atom is -0.396 e. The second-order valence-electron chi connectivity index (χ2n) is 3.93. The van der Waals surface area contributed by atoms with Crippen LogP contribution in [0.4, 0.5) is 15.8 Å². The van der Waals surface area contributed by atoms with E-state index < -0.39 is 15.8 Å². The Kier molecular flexibility index (Phi) is 3.39. The molecule has 2 rings (SSSR count). The Morgan fingerprint density at radius 2 is 2.05 bits per heavy atom. The molecule has 7 heteroatoms. The van der Waals surface area contributed by atoms with Crippen molar-refractivity contribution in [3.05, 3.63) is 48.0 Å². The fourth-order valence-electron chi connectivity index (χ4n) is 1.47. The van der Waals surface area contributed by atoms with Gasteiger partial charge in [-0.3, -0.25) is 9.71 Å². The number of hydrogen-bond acceptors (Lipinski definition) is 4. The summed E-state index contributed by atoms with van der Waals surface area (Å²) in [6.07, 6.45) is 1.55. The van der Waals surface area contributed by atoms with Crippen LogP contribution in [0.15, 0.2) is 41.4 Å². The van der Waals surface area contributed by atoms with Gasteiger partial charge in [-0.15, -0.1) is 0 Å². The van der Waals surface area contributed by atoms with Gasteiger partial charge in [0, 0.05) is 6.20 Å². The minimum atomic E-state index is -3.86. The molecule has 0 spiro atoms. The average molecular weight is 281 g/mol. The van der Waals surface area contributed by atoms with Crippen LogP contribution >= 0.6 is 0 Å². The van der Waals surface area contributed by atoms with Crippen molar-refractivity contribution in [2.45, 2.75) is 11.8 Å². The van der Waals surface area contributed by atoms with E-state index in [9.17, 15) is 12.8 Å². The zero-order chi connectivity index (χ0) is 14.0. The number of benzene rings is 1. The molecule has 2 aromatic rings. The van der Waals surface area contributed by atoms with E-state index >= 15 is 0 Å². The van der Waals surface area contributed by atoms with Crippen molar-refractivity contribution in [1.82, 2.24) is 4.98 Å². The molecule has 19 heavy (non-hydrogen) atoms. The summed E-state index contributed by atoms with van der Waals surface area (Å²) in [4.78, 5) is 3.78. The molecular weight excluding hydrogens is 269 g/mol. The number of aryl methyl sites for hydroxylation is 1. The zero-order valence-electron chi connectivity index (χ0n) is 10.1. The number of aromatic nitrogens is 1. The maximum absolute atomic E-state index is 13.3. The Bertz CT molecular complexity index is 717. The van der Waals surface area contributed by atoms with Gasteiger partial charge in [-0.05, 0) is 37.3 Å². The summed E-state index contributed by atoms with van der Waals surface area (Å²) >= 11 is 0. The first-order valence-corrected chi connectivity index (χ1v) is 6.88. The summed E-state index contributed by atoms with van der Waals surface area (Å²) in [6.45, 7) is 1.67. The second-order valence-corrected chi connectivity index (χ2v) is 5.61. The number of anilines is 2. The van der Waals surface area contributed by atoms with Crippen molar-refractivity contribution in [3.8, 4) is 0 Å². The van der Waals surface area contributed by atoms with Gasteiger partial charge in [0.15, 0.2) is 0 Å². The monoisotopic (exact) mass is 281 g/mol. The van der Waals surface area contributed by atoms with Gasteiger partial charge in [0.2, 0.25) is 0 Å². The number of nitrogens with one attached hydrogen (secondary N) is 1. The number of hydrogen-bond donors (Lipinski definition) is 2. The number of pyridine rings is 1. The van der Waals surface area contributed by atoms with E-state index in [0.29, 0.717) is 11.4 Å². The fraction of sp³-hybridized carbons (Fsp3) is 0.0833. The Morgan fingerprint density at radius 1 is 1.32 bits per heavy atom. The molecule has 0 bridgehead atoms. The molecule has 0 radical (unpaired) electrons. The molecule has 0 aliphatic carbocycles. The lowest BCUT2D eigenvalue weighted by Gasteiger charge is -2.10. The van der Waals surface area contributed by atoms with Crippen molar-refractivity contribution >= 4 is 21.4 Å². The molecule has 1 aromatic carbocycles. The molecule has 0 amide bonds. The van der Waals surface area contributed by atoms with Crippen molar-refractivity contribution in [1.29, 1.82) is 0 Å². The highest BCUT2D eigenvalue weighted by atomic mass is 32.2. The van der Waals surface area contributed by atoms with Crippen LogP contribution in [-0.2, 0) is 10.0 Å². The van der Waals surface area contributed by atoms with Crippen LogP contribution in [0.5, 0.6) is 0 Å². The Balaban J connectivity index is 2.38. The first-order valence-electron chi connectivity index (χ1n) is 5.39. The molecule has 0 atom stereocenters. The molecule has 1 heterocycles. The quantitative estimate of drug-likeness (QED) is 0.842. The molecule has 0 fully saturated rings. The third-order valence-corrected chi connectivity index (χ3v) is 3.90. The predicted molar refractivity (Wildman–Crippen MR) is 70.6 cm³/mol. The van der Waals surface area contributed by atoms with Crippen molar-refractivity contribution in [2.24, 2.45) is 0 Å². The van der Waals surface area contributed by atoms with E-state index in [1.807, 2.05) is 0 Å². The Morgan fingerprint density at radius 3 is 2.68 bits per heavy atom. The van der Waals surface area contributed by atoms with Crippen LogP contribution < -0.4 is 10.5 Å². The van der Waals surface area contributed by atoms with Gasteiger partial charge in [0.1, 0.15) is 5.82 Å². The second kappa shape index (κ2) is 4.85. The molecule has 1 aromatic heterocycles. The van der Waals surface area contributed by atoms with Crippen LogP contribution in [0.2, 0.25) is 0 Å². The highest BCUT2D eigenvalue weighted by molar-refractivity contribution is 7.92. The summed E-state index contributed by atoms with van der Waals surface area (Å²) < 4.78 is 39.8. The van der Waals surface area contributed by atoms with E-state index in [2.05, 4.69) is 9.71 Å². The van der Waals surface area contributed by atoms with Crippen LogP contribution in [0.3, 0.4) is 0 Å². The lowest BCUT2D eigenvalue weighted by molar-refractivity contribution is 0.596. The summed E-state index contributed by atoms with van der Waals surface area (Å²) in [5.41, 5.74) is 6.08. The van der Waals surface area contributed by atoms with Gasteiger partial charge in [-0.2, -0.15) is 0 Å². The Hall–Kier alpha value is -2.15. The number of nitrogens with zero attached hydrogens (tertiary/aromatic N) is 1. The summed E-state index contributed by atoms with van der Waals surface area (Å²) in [5, 5.41) is 0. The Labute approximate surface area is 110 Å². The highest BCUT2D eigenvalue weighted by Gasteiger charge is 2.16. The number of sulfonamides is 1. The average Bonchev–Trinajstić information content (AvgIpc) is 2.35. The van der Waals surface area contributed by atoms with Crippen LogP contribution in [0, 0.1) is 12.7 Å². The first-order chi connectivity index (χ1) is 8.90. The van der Waals surface area contributed by atoms with E-state index in [1.165, 1.54) is 12.1 Å². The van der Waals surface area contributed by atoms with Crippen LogP contribution in [0.1, 0.15) is 5.69 Å². The molecule has 0 aliphatic heterocycles. The number of rotatable bonds is 3. The van der Waals surface area contributed by atoms with E-state index in [0.717, 1.165) is 6.07 Å². The molecule has 3 N–H and O–H groups in total. The standard InChI is InChI=1S/C12H12FN3O2S/c1-8-12(3-2-6-15-8)16-19(17,18)9-4-5-11(14)10(13)7-9/h2-7,16H,14H2,1H3. The maximum atomic E-state index is 13.3. The van der Waals surface area contributed by atoms with Gasteiger partial charge in [-0.25, -0.2) is 12.8 Å². The smallest absolute Gasteiger partial charge is 0.262 e. The summed E-state index contributed by atoms with van der Waals surface area (Å²) in [6, 6.07) is 6.51.